The highest BCUT2D eigenvalue weighted by molar-refractivity contribution is 6.88. The number of nitriles is 1. The summed E-state index contributed by atoms with van der Waals surface area (Å²) in [6.45, 7) is 22.1. The van der Waals surface area contributed by atoms with Gasteiger partial charge < -0.3 is 9.80 Å². The SMILES string of the molecule is [C-]#[N+]c1ccc(N(c2ccc(C#N)cc2)c2ccc3ccc4c(N(c5ccc([N+]#[C-])cc5)c5ccc([Si](C)(C)C)cc5)ccc5ccc2c3c54)cc1. The standard InChI is InChI=1S/C46H33N5Si/c1-48-34-12-18-37(19-13-34)50(36-16-6-31(30-47)7-17-36)43-28-10-32-9-27-42-44(29-11-33-8-26-41(43)45(32)46(33)42)51(38-20-14-35(49-2)15-21-38)39-22-24-40(25-23-39)52(3,4)5/h6-29H,3-5H3. The fourth-order valence-corrected chi connectivity index (χ4v) is 8.33. The van der Waals surface area contributed by atoms with Gasteiger partial charge in [0.15, 0.2) is 11.4 Å². The Balaban J connectivity index is 1.37. The Kier molecular flexibility index (Phi) is 7.93. The van der Waals surface area contributed by atoms with Gasteiger partial charge in [-0.25, -0.2) is 9.69 Å². The Morgan fingerprint density at radius 2 is 0.846 bits per heavy atom. The first-order valence-electron chi connectivity index (χ1n) is 17.1. The number of anilines is 6. The minimum Gasteiger partial charge on any atom is -0.310 e. The summed E-state index contributed by atoms with van der Waals surface area (Å²) in [6.07, 6.45) is 0. The molecule has 0 fully saturated rings. The fourth-order valence-electron chi connectivity index (χ4n) is 7.16. The fraction of sp³-hybridized carbons (Fsp3) is 0.0652. The van der Waals surface area contributed by atoms with Gasteiger partial charge in [0.05, 0.1) is 44.2 Å². The van der Waals surface area contributed by atoms with Crippen LogP contribution in [-0.4, -0.2) is 8.07 Å². The molecule has 0 saturated heterocycles. The summed E-state index contributed by atoms with van der Waals surface area (Å²) >= 11 is 0. The molecule has 0 N–H and O–H groups in total. The predicted molar refractivity (Wildman–Crippen MR) is 220 cm³/mol. The molecule has 0 aliphatic carbocycles. The van der Waals surface area contributed by atoms with Crippen LogP contribution in [0.4, 0.5) is 45.5 Å². The van der Waals surface area contributed by atoms with Crippen LogP contribution in [0, 0.1) is 24.5 Å². The van der Waals surface area contributed by atoms with Crippen LogP contribution in [0.1, 0.15) is 5.56 Å². The molecule has 0 aliphatic rings. The maximum Gasteiger partial charge on any atom is 0.187 e. The van der Waals surface area contributed by atoms with E-state index in [1.807, 2.05) is 72.8 Å². The van der Waals surface area contributed by atoms with Crippen LogP contribution in [0.3, 0.4) is 0 Å². The second-order valence-corrected chi connectivity index (χ2v) is 19.1. The lowest BCUT2D eigenvalue weighted by Crippen LogP contribution is -2.37. The van der Waals surface area contributed by atoms with E-state index < -0.39 is 8.07 Å². The second kappa shape index (κ2) is 12.8. The van der Waals surface area contributed by atoms with Crippen LogP contribution in [0.5, 0.6) is 0 Å². The minimum atomic E-state index is -1.51. The molecule has 5 nitrogen and oxygen atoms in total. The van der Waals surface area contributed by atoms with E-state index in [2.05, 4.69) is 118 Å². The number of rotatable bonds is 7. The van der Waals surface area contributed by atoms with E-state index in [0.717, 1.165) is 55.7 Å². The van der Waals surface area contributed by atoms with Crippen molar-refractivity contribution in [2.45, 2.75) is 19.6 Å². The molecule has 8 aromatic rings. The molecule has 0 amide bonds. The Hall–Kier alpha value is -6.91. The summed E-state index contributed by atoms with van der Waals surface area (Å²) in [5, 5.41) is 17.8. The normalized spacial score (nSPS) is 11.3. The third-order valence-corrected chi connectivity index (χ3v) is 11.9. The number of benzene rings is 8. The summed E-state index contributed by atoms with van der Waals surface area (Å²) in [5.74, 6) is 0. The molecule has 246 valence electrons. The van der Waals surface area contributed by atoms with Crippen LogP contribution in [-0.2, 0) is 0 Å². The highest BCUT2D eigenvalue weighted by Gasteiger charge is 2.23. The van der Waals surface area contributed by atoms with Crippen LogP contribution >= 0.6 is 0 Å². The van der Waals surface area contributed by atoms with E-state index in [-0.39, 0.29) is 0 Å². The van der Waals surface area contributed by atoms with Crippen molar-refractivity contribution in [1.82, 2.24) is 0 Å². The van der Waals surface area contributed by atoms with Crippen molar-refractivity contribution in [2.75, 3.05) is 9.80 Å². The summed E-state index contributed by atoms with van der Waals surface area (Å²) in [7, 11) is -1.51. The summed E-state index contributed by atoms with van der Waals surface area (Å²) in [5.41, 5.74) is 7.72. The molecule has 52 heavy (non-hydrogen) atoms. The topological polar surface area (TPSA) is 39.0 Å². The van der Waals surface area contributed by atoms with Crippen molar-refractivity contribution < 1.29 is 0 Å². The molecule has 0 bridgehead atoms. The quantitative estimate of drug-likeness (QED) is 0.0953. The third kappa shape index (κ3) is 5.57. The lowest BCUT2D eigenvalue weighted by atomic mass is 9.91. The largest absolute Gasteiger partial charge is 0.310 e. The van der Waals surface area contributed by atoms with E-state index >= 15 is 0 Å². The smallest absolute Gasteiger partial charge is 0.187 e. The minimum absolute atomic E-state index is 0.579. The highest BCUT2D eigenvalue weighted by atomic mass is 28.3. The maximum atomic E-state index is 9.53. The molecule has 8 aromatic carbocycles. The van der Waals surface area contributed by atoms with Gasteiger partial charge in [0.25, 0.3) is 0 Å². The van der Waals surface area contributed by atoms with Crippen molar-refractivity contribution in [3.63, 3.8) is 0 Å². The first-order valence-corrected chi connectivity index (χ1v) is 20.6. The van der Waals surface area contributed by atoms with Gasteiger partial charge in [-0.05, 0) is 94.3 Å². The van der Waals surface area contributed by atoms with Gasteiger partial charge in [-0.3, -0.25) is 0 Å². The van der Waals surface area contributed by atoms with E-state index in [0.29, 0.717) is 16.9 Å². The lowest BCUT2D eigenvalue weighted by molar-refractivity contribution is 1.30. The predicted octanol–water partition coefficient (Wildman–Crippen LogP) is 13.0. The molecule has 0 aliphatic heterocycles. The summed E-state index contributed by atoms with van der Waals surface area (Å²) < 4.78 is 0. The second-order valence-electron chi connectivity index (χ2n) is 14.0. The van der Waals surface area contributed by atoms with Crippen molar-refractivity contribution in [2.24, 2.45) is 0 Å². The maximum absolute atomic E-state index is 9.53. The molecule has 0 saturated carbocycles. The molecule has 0 aromatic heterocycles. The Morgan fingerprint density at radius 3 is 1.21 bits per heavy atom. The van der Waals surface area contributed by atoms with Crippen molar-refractivity contribution >= 4 is 91.1 Å². The number of nitrogens with zero attached hydrogens (tertiary/aromatic N) is 5. The van der Waals surface area contributed by atoms with Crippen LogP contribution < -0.4 is 15.0 Å². The van der Waals surface area contributed by atoms with Gasteiger partial charge in [-0.1, -0.05) is 97.6 Å². The lowest BCUT2D eigenvalue weighted by Gasteiger charge is -2.30. The van der Waals surface area contributed by atoms with E-state index in [4.69, 9.17) is 13.1 Å². The number of hydrogen-bond donors (Lipinski definition) is 0. The summed E-state index contributed by atoms with van der Waals surface area (Å²) in [4.78, 5) is 11.8. The monoisotopic (exact) mass is 683 g/mol. The van der Waals surface area contributed by atoms with Gasteiger partial charge in [-0.2, -0.15) is 5.26 Å². The third-order valence-electron chi connectivity index (χ3n) is 9.82. The molecule has 0 spiro atoms. The molecule has 0 atom stereocenters. The van der Waals surface area contributed by atoms with E-state index in [1.54, 1.807) is 0 Å². The zero-order valence-corrected chi connectivity index (χ0v) is 30.1. The zero-order chi connectivity index (χ0) is 36.0. The molecular weight excluding hydrogens is 651 g/mol. The first kappa shape index (κ1) is 32.3. The van der Waals surface area contributed by atoms with Crippen molar-refractivity contribution in [1.29, 1.82) is 5.26 Å². The first-order chi connectivity index (χ1) is 25.3. The highest BCUT2D eigenvalue weighted by Crippen LogP contribution is 2.47. The zero-order valence-electron chi connectivity index (χ0n) is 29.1. The van der Waals surface area contributed by atoms with Crippen molar-refractivity contribution in [3.05, 3.63) is 174 Å². The Morgan fingerprint density at radius 1 is 0.481 bits per heavy atom. The van der Waals surface area contributed by atoms with E-state index in [1.165, 1.54) is 16.0 Å². The van der Waals surface area contributed by atoms with Gasteiger partial charge in [0.1, 0.15) is 0 Å². The Bertz CT molecular complexity index is 2670. The van der Waals surface area contributed by atoms with E-state index in [9.17, 15) is 5.26 Å². The average Bonchev–Trinajstić information content (AvgIpc) is 3.18. The average molecular weight is 684 g/mol. The number of hydrogen-bond acceptors (Lipinski definition) is 3. The van der Waals surface area contributed by atoms with Crippen LogP contribution in [0.25, 0.3) is 42.0 Å². The molecular formula is C46H33N5Si. The molecule has 0 heterocycles. The van der Waals surface area contributed by atoms with Gasteiger partial charge in [-0.15, -0.1) is 0 Å². The van der Waals surface area contributed by atoms with Gasteiger partial charge in [0.2, 0.25) is 0 Å². The molecule has 0 radical (unpaired) electrons. The molecule has 0 unspecified atom stereocenters. The Labute approximate surface area is 304 Å². The van der Waals surface area contributed by atoms with Gasteiger partial charge in [0, 0.05) is 33.5 Å². The molecule has 6 heteroatoms. The molecule has 8 rings (SSSR count). The van der Waals surface area contributed by atoms with Crippen LogP contribution in [0.2, 0.25) is 19.6 Å². The van der Waals surface area contributed by atoms with Crippen molar-refractivity contribution in [3.8, 4) is 6.07 Å². The van der Waals surface area contributed by atoms with Crippen LogP contribution in [0.15, 0.2) is 146 Å². The van der Waals surface area contributed by atoms with Gasteiger partial charge >= 0.3 is 0 Å². The summed E-state index contributed by atoms with van der Waals surface area (Å²) in [6, 6.07) is 52.0.